The Morgan fingerprint density at radius 3 is 2.70 bits per heavy atom. The molecule has 7 atom stereocenters. The number of rotatable bonds is 0. The number of ketones is 1. The highest BCUT2D eigenvalue weighted by atomic mass is 16.3. The molecule has 4 saturated carbocycles. The van der Waals surface area contributed by atoms with Crippen molar-refractivity contribution in [3.8, 4) is 12.3 Å². The average Bonchev–Trinajstić information content (AvgIpc) is 2.89. The van der Waals surface area contributed by atoms with E-state index < -0.39 is 5.60 Å². The lowest BCUT2D eigenvalue weighted by molar-refractivity contribution is -0.162. The van der Waals surface area contributed by atoms with Crippen molar-refractivity contribution in [3.05, 3.63) is 0 Å². The maximum absolute atomic E-state index is 13.2. The number of hydrogen-bond donors (Lipinski definition) is 1. The molecule has 1 N–H and O–H groups in total. The lowest BCUT2D eigenvalue weighted by Crippen LogP contribution is -2.58. The lowest BCUT2D eigenvalue weighted by atomic mass is 9.44. The smallest absolute Gasteiger partial charge is 0.137 e. The van der Waals surface area contributed by atoms with E-state index in [0.717, 1.165) is 31.6 Å². The van der Waals surface area contributed by atoms with Gasteiger partial charge in [-0.1, -0.05) is 26.2 Å². The molecule has 0 aliphatic heterocycles. The van der Waals surface area contributed by atoms with Crippen LogP contribution in [0, 0.1) is 46.8 Å². The van der Waals surface area contributed by atoms with Gasteiger partial charge in [0.2, 0.25) is 0 Å². The van der Waals surface area contributed by atoms with Gasteiger partial charge in [-0.2, -0.15) is 0 Å². The van der Waals surface area contributed by atoms with Crippen molar-refractivity contribution in [1.29, 1.82) is 0 Å². The topological polar surface area (TPSA) is 37.3 Å². The van der Waals surface area contributed by atoms with Crippen molar-refractivity contribution >= 4 is 5.78 Å². The Morgan fingerprint density at radius 1 is 1.17 bits per heavy atom. The second-order valence-corrected chi connectivity index (χ2v) is 9.60. The molecule has 0 saturated heterocycles. The van der Waals surface area contributed by atoms with Gasteiger partial charge in [-0.25, -0.2) is 0 Å². The third-order valence-electron chi connectivity index (χ3n) is 8.45. The van der Waals surface area contributed by atoms with Crippen molar-refractivity contribution in [2.24, 2.45) is 34.5 Å². The first-order chi connectivity index (χ1) is 10.8. The summed E-state index contributed by atoms with van der Waals surface area (Å²) in [5.74, 6) is 5.11. The predicted octanol–water partition coefficient (Wildman–Crippen LogP) is 3.96. The molecule has 4 rings (SSSR count). The number of fused-ring (bicyclic) bond motifs is 5. The van der Waals surface area contributed by atoms with Crippen LogP contribution in [0.5, 0.6) is 0 Å². The van der Waals surface area contributed by atoms with Crippen molar-refractivity contribution in [3.63, 3.8) is 0 Å². The summed E-state index contributed by atoms with van der Waals surface area (Å²) >= 11 is 0. The molecule has 4 aliphatic carbocycles. The average molecular weight is 314 g/mol. The van der Waals surface area contributed by atoms with Crippen LogP contribution >= 0.6 is 0 Å². The van der Waals surface area contributed by atoms with Crippen LogP contribution in [0.3, 0.4) is 0 Å². The van der Waals surface area contributed by atoms with Crippen LogP contribution in [0.1, 0.15) is 71.6 Å². The van der Waals surface area contributed by atoms with Crippen LogP contribution < -0.4 is 0 Å². The van der Waals surface area contributed by atoms with E-state index in [1.54, 1.807) is 0 Å². The fourth-order valence-electron chi connectivity index (χ4n) is 7.20. The van der Waals surface area contributed by atoms with E-state index in [0.29, 0.717) is 30.5 Å². The Morgan fingerprint density at radius 2 is 1.96 bits per heavy atom. The molecule has 23 heavy (non-hydrogen) atoms. The Hall–Kier alpha value is -0.810. The third-order valence-corrected chi connectivity index (χ3v) is 8.45. The molecule has 2 nitrogen and oxygen atoms in total. The first-order valence-electron chi connectivity index (χ1n) is 9.54. The molecule has 0 bridgehead atoms. The highest BCUT2D eigenvalue weighted by molar-refractivity contribution is 5.84. The molecule has 0 heterocycles. The minimum Gasteiger partial charge on any atom is -0.378 e. The zero-order chi connectivity index (χ0) is 16.5. The molecule has 1 unspecified atom stereocenters. The number of terminal acetylenes is 1. The van der Waals surface area contributed by atoms with E-state index in [1.165, 1.54) is 19.3 Å². The van der Waals surface area contributed by atoms with Crippen molar-refractivity contribution in [2.75, 3.05) is 0 Å². The van der Waals surface area contributed by atoms with Crippen LogP contribution in [0.4, 0.5) is 0 Å². The van der Waals surface area contributed by atoms with Gasteiger partial charge in [0, 0.05) is 12.3 Å². The van der Waals surface area contributed by atoms with Crippen molar-refractivity contribution in [2.45, 2.75) is 77.2 Å². The van der Waals surface area contributed by atoms with Crippen molar-refractivity contribution in [1.82, 2.24) is 0 Å². The highest BCUT2D eigenvalue weighted by Crippen LogP contribution is 2.65. The van der Waals surface area contributed by atoms with E-state index in [1.807, 2.05) is 0 Å². The van der Waals surface area contributed by atoms with Crippen LogP contribution in [0.2, 0.25) is 0 Å². The zero-order valence-corrected chi connectivity index (χ0v) is 14.6. The molecular formula is C21H30O2. The maximum Gasteiger partial charge on any atom is 0.137 e. The molecule has 0 radical (unpaired) electrons. The standard InChI is InChI=1S/C21H30O2/c1-4-21(23)11-10-20(3)14(12-21)7-8-15-16-6-5-9-19(16,2)13-17(22)18(15)20/h1,14-16,18,23H,5-13H2,2-3H3/t14?,15-,16-,18+,19-,20-,21-/m0/s1. The Labute approximate surface area is 140 Å². The van der Waals surface area contributed by atoms with Crippen LogP contribution in [-0.2, 0) is 4.79 Å². The molecular weight excluding hydrogens is 284 g/mol. The van der Waals surface area contributed by atoms with Gasteiger partial charge >= 0.3 is 0 Å². The Balaban J connectivity index is 1.67. The molecule has 4 aliphatic rings. The second kappa shape index (κ2) is 4.85. The van der Waals surface area contributed by atoms with E-state index in [4.69, 9.17) is 6.42 Å². The van der Waals surface area contributed by atoms with Gasteiger partial charge in [0.1, 0.15) is 11.4 Å². The van der Waals surface area contributed by atoms with Crippen LogP contribution in [0.15, 0.2) is 0 Å². The van der Waals surface area contributed by atoms with Gasteiger partial charge in [0.25, 0.3) is 0 Å². The molecule has 0 amide bonds. The number of carbonyl (C=O) groups excluding carboxylic acids is 1. The fourth-order valence-corrected chi connectivity index (χ4v) is 7.20. The normalized spacial score (nSPS) is 55.5. The number of hydrogen-bond acceptors (Lipinski definition) is 2. The molecule has 0 aromatic heterocycles. The summed E-state index contributed by atoms with van der Waals surface area (Å²) in [6.07, 6.45) is 14.8. The maximum atomic E-state index is 13.2. The molecule has 0 aromatic carbocycles. The van der Waals surface area contributed by atoms with E-state index >= 15 is 0 Å². The summed E-state index contributed by atoms with van der Waals surface area (Å²) in [6.45, 7) is 4.70. The summed E-state index contributed by atoms with van der Waals surface area (Å²) in [5.41, 5.74) is -0.598. The van der Waals surface area contributed by atoms with E-state index in [2.05, 4.69) is 19.8 Å². The molecule has 126 valence electrons. The molecule has 2 heteroatoms. The number of carbonyl (C=O) groups is 1. The van der Waals surface area contributed by atoms with Gasteiger partial charge in [-0.3, -0.25) is 4.79 Å². The minimum atomic E-state index is -0.934. The number of Topliss-reactive ketones (excluding diaryl/α,β-unsaturated/α-hetero) is 1. The van der Waals surface area contributed by atoms with Crippen molar-refractivity contribution < 1.29 is 9.90 Å². The summed E-state index contributed by atoms with van der Waals surface area (Å²) in [6, 6.07) is 0. The summed E-state index contributed by atoms with van der Waals surface area (Å²) in [5, 5.41) is 10.6. The first kappa shape index (κ1) is 15.7. The lowest BCUT2D eigenvalue weighted by Gasteiger charge is -2.60. The van der Waals surface area contributed by atoms with Gasteiger partial charge in [-0.05, 0) is 73.5 Å². The fraction of sp³-hybridized carbons (Fsp3) is 0.857. The Bertz CT molecular complexity index is 575. The van der Waals surface area contributed by atoms with Gasteiger partial charge < -0.3 is 5.11 Å². The predicted molar refractivity (Wildman–Crippen MR) is 90.5 cm³/mol. The highest BCUT2D eigenvalue weighted by Gasteiger charge is 2.62. The van der Waals surface area contributed by atoms with Gasteiger partial charge in [0.05, 0.1) is 0 Å². The summed E-state index contributed by atoms with van der Waals surface area (Å²) < 4.78 is 0. The van der Waals surface area contributed by atoms with Crippen LogP contribution in [-0.4, -0.2) is 16.5 Å². The second-order valence-electron chi connectivity index (χ2n) is 9.60. The van der Waals surface area contributed by atoms with Gasteiger partial charge in [-0.15, -0.1) is 6.42 Å². The quantitative estimate of drug-likeness (QED) is 0.687. The third kappa shape index (κ3) is 2.08. The monoisotopic (exact) mass is 314 g/mol. The number of aliphatic hydroxyl groups is 1. The summed E-state index contributed by atoms with van der Waals surface area (Å²) in [4.78, 5) is 13.2. The SMILES string of the molecule is C#C[C@]1(O)CC[C@@]2(C)C(CC[C@H]3[C@@H]4CCC[C@@]4(C)CC(=O)[C@@H]32)C1. The van der Waals surface area contributed by atoms with Gasteiger partial charge in [0.15, 0.2) is 0 Å². The summed E-state index contributed by atoms with van der Waals surface area (Å²) in [7, 11) is 0. The Kier molecular flexibility index (Phi) is 3.31. The van der Waals surface area contributed by atoms with E-state index in [-0.39, 0.29) is 16.7 Å². The van der Waals surface area contributed by atoms with E-state index in [9.17, 15) is 9.90 Å². The first-order valence-corrected chi connectivity index (χ1v) is 9.54. The molecule has 0 spiro atoms. The molecule has 4 fully saturated rings. The molecule has 0 aromatic rings. The zero-order valence-electron chi connectivity index (χ0n) is 14.6. The largest absolute Gasteiger partial charge is 0.378 e. The van der Waals surface area contributed by atoms with Crippen LogP contribution in [0.25, 0.3) is 0 Å². The minimum absolute atomic E-state index is 0.0625.